The van der Waals surface area contributed by atoms with Crippen LogP contribution in [0.25, 0.3) is 0 Å². The van der Waals surface area contributed by atoms with Crippen molar-refractivity contribution in [3.8, 4) is 0 Å². The minimum Gasteiger partial charge on any atom is -0.466 e. The summed E-state index contributed by atoms with van der Waals surface area (Å²) >= 11 is 0. The van der Waals surface area contributed by atoms with Crippen molar-refractivity contribution in [1.29, 1.82) is 0 Å². The van der Waals surface area contributed by atoms with Crippen molar-refractivity contribution < 1.29 is 13.9 Å². The van der Waals surface area contributed by atoms with Gasteiger partial charge in [0.05, 0.1) is 18.6 Å². The second-order valence-corrected chi connectivity index (χ2v) is 6.37. The molecule has 3 rings (SSSR count). The SMILES string of the molecule is CCOC(=O)[C@]1(CC)C[C@@H]2CC[C@H]1N2Cc1ccc(C)o1. The Morgan fingerprint density at radius 3 is 2.86 bits per heavy atom. The summed E-state index contributed by atoms with van der Waals surface area (Å²) in [7, 11) is 0. The third-order valence-corrected chi connectivity index (χ3v) is 5.33. The van der Waals surface area contributed by atoms with Gasteiger partial charge in [-0.2, -0.15) is 0 Å². The van der Waals surface area contributed by atoms with Gasteiger partial charge >= 0.3 is 5.97 Å². The summed E-state index contributed by atoms with van der Waals surface area (Å²) in [6, 6.07) is 4.85. The van der Waals surface area contributed by atoms with Gasteiger partial charge in [0.2, 0.25) is 0 Å². The van der Waals surface area contributed by atoms with Crippen molar-refractivity contribution in [1.82, 2.24) is 4.90 Å². The second kappa shape index (κ2) is 5.48. The molecule has 2 fully saturated rings. The van der Waals surface area contributed by atoms with Crippen LogP contribution in [-0.2, 0) is 16.1 Å². The highest BCUT2D eigenvalue weighted by Gasteiger charge is 2.59. The van der Waals surface area contributed by atoms with Crippen LogP contribution in [0, 0.1) is 12.3 Å². The number of ether oxygens (including phenoxy) is 1. The number of esters is 1. The van der Waals surface area contributed by atoms with Crippen LogP contribution in [0.2, 0.25) is 0 Å². The zero-order valence-corrected chi connectivity index (χ0v) is 13.2. The van der Waals surface area contributed by atoms with Crippen LogP contribution in [-0.4, -0.2) is 29.6 Å². The van der Waals surface area contributed by atoms with Crippen LogP contribution in [0.5, 0.6) is 0 Å². The lowest BCUT2D eigenvalue weighted by atomic mass is 9.72. The fourth-order valence-electron chi connectivity index (χ4n) is 4.31. The largest absolute Gasteiger partial charge is 0.466 e. The van der Waals surface area contributed by atoms with E-state index in [4.69, 9.17) is 9.15 Å². The van der Waals surface area contributed by atoms with E-state index in [-0.39, 0.29) is 11.4 Å². The van der Waals surface area contributed by atoms with Crippen LogP contribution >= 0.6 is 0 Å². The number of nitrogens with zero attached hydrogens (tertiary/aromatic N) is 1. The van der Waals surface area contributed by atoms with Crippen LogP contribution in [0.1, 0.15) is 51.1 Å². The Bertz CT molecular complexity index is 524. The van der Waals surface area contributed by atoms with Gasteiger partial charge in [0.25, 0.3) is 0 Å². The normalized spacial score (nSPS) is 31.8. The van der Waals surface area contributed by atoms with Gasteiger partial charge in [-0.15, -0.1) is 0 Å². The molecule has 0 amide bonds. The van der Waals surface area contributed by atoms with Gasteiger partial charge in [0, 0.05) is 12.1 Å². The Morgan fingerprint density at radius 2 is 2.24 bits per heavy atom. The van der Waals surface area contributed by atoms with Crippen molar-refractivity contribution >= 4 is 5.97 Å². The molecule has 4 heteroatoms. The minimum absolute atomic E-state index is 0.000301. The summed E-state index contributed by atoms with van der Waals surface area (Å²) < 4.78 is 11.1. The van der Waals surface area contributed by atoms with E-state index >= 15 is 0 Å². The summed E-state index contributed by atoms with van der Waals surface area (Å²) in [5.74, 6) is 1.95. The fourth-order valence-corrected chi connectivity index (χ4v) is 4.31. The van der Waals surface area contributed by atoms with Gasteiger partial charge in [-0.05, 0) is 51.7 Å². The number of carbonyl (C=O) groups is 1. The van der Waals surface area contributed by atoms with Crippen LogP contribution < -0.4 is 0 Å². The fraction of sp³-hybridized carbons (Fsp3) is 0.706. The first-order valence-corrected chi connectivity index (χ1v) is 8.09. The number of aryl methyl sites for hydroxylation is 1. The molecular formula is C17H25NO3. The maximum Gasteiger partial charge on any atom is 0.313 e. The molecular weight excluding hydrogens is 266 g/mol. The zero-order chi connectivity index (χ0) is 15.0. The van der Waals surface area contributed by atoms with Gasteiger partial charge in [-0.3, -0.25) is 9.69 Å². The minimum atomic E-state index is -0.305. The van der Waals surface area contributed by atoms with Gasteiger partial charge < -0.3 is 9.15 Å². The lowest BCUT2D eigenvalue weighted by molar-refractivity contribution is -0.157. The van der Waals surface area contributed by atoms with Crippen molar-refractivity contribution in [2.75, 3.05) is 6.61 Å². The Hall–Kier alpha value is -1.29. The average molecular weight is 291 g/mol. The van der Waals surface area contributed by atoms with Crippen LogP contribution in [0.15, 0.2) is 16.5 Å². The second-order valence-electron chi connectivity index (χ2n) is 6.37. The summed E-state index contributed by atoms with van der Waals surface area (Å²) in [6.07, 6.45) is 4.08. The molecule has 0 radical (unpaired) electrons. The summed E-state index contributed by atoms with van der Waals surface area (Å²) in [6.45, 7) is 7.25. The molecule has 0 aromatic carbocycles. The summed E-state index contributed by atoms with van der Waals surface area (Å²) in [4.78, 5) is 15.0. The number of hydrogen-bond donors (Lipinski definition) is 0. The molecule has 2 saturated heterocycles. The van der Waals surface area contributed by atoms with Gasteiger partial charge in [0.15, 0.2) is 0 Å². The van der Waals surface area contributed by atoms with E-state index in [9.17, 15) is 4.79 Å². The first kappa shape index (κ1) is 14.6. The smallest absolute Gasteiger partial charge is 0.313 e. The van der Waals surface area contributed by atoms with E-state index in [2.05, 4.69) is 11.8 Å². The van der Waals surface area contributed by atoms with E-state index in [1.54, 1.807) is 0 Å². The third kappa shape index (κ3) is 2.30. The lowest BCUT2D eigenvalue weighted by Crippen LogP contribution is -2.43. The Labute approximate surface area is 126 Å². The highest BCUT2D eigenvalue weighted by atomic mass is 16.5. The Balaban J connectivity index is 1.80. The van der Waals surface area contributed by atoms with Crippen molar-refractivity contribution in [3.63, 3.8) is 0 Å². The topological polar surface area (TPSA) is 42.7 Å². The predicted molar refractivity (Wildman–Crippen MR) is 79.8 cm³/mol. The monoisotopic (exact) mass is 291 g/mol. The number of furan rings is 1. The molecule has 0 unspecified atom stereocenters. The highest BCUT2D eigenvalue weighted by Crippen LogP contribution is 2.52. The number of fused-ring (bicyclic) bond motifs is 2. The van der Waals surface area contributed by atoms with E-state index in [0.29, 0.717) is 18.7 Å². The van der Waals surface area contributed by atoms with Gasteiger partial charge in [0.1, 0.15) is 11.5 Å². The highest BCUT2D eigenvalue weighted by molar-refractivity contribution is 5.78. The molecule has 3 heterocycles. The molecule has 1 aromatic rings. The molecule has 0 N–H and O–H groups in total. The molecule has 1 aromatic heterocycles. The summed E-state index contributed by atoms with van der Waals surface area (Å²) in [5.41, 5.74) is -0.305. The average Bonchev–Trinajstić information content (AvgIpc) is 3.14. The Kier molecular flexibility index (Phi) is 3.82. The molecule has 0 aliphatic carbocycles. The summed E-state index contributed by atoms with van der Waals surface area (Å²) in [5, 5.41) is 0. The molecule has 3 atom stereocenters. The predicted octanol–water partition coefficient (Wildman–Crippen LogP) is 3.28. The molecule has 0 saturated carbocycles. The van der Waals surface area contributed by atoms with Crippen molar-refractivity contribution in [2.24, 2.45) is 5.41 Å². The first-order valence-electron chi connectivity index (χ1n) is 8.09. The molecule has 2 aliphatic rings. The maximum absolute atomic E-state index is 12.5. The lowest BCUT2D eigenvalue weighted by Gasteiger charge is -2.34. The van der Waals surface area contributed by atoms with E-state index in [1.165, 1.54) is 6.42 Å². The number of carbonyl (C=O) groups excluding carboxylic acids is 1. The molecule has 116 valence electrons. The number of rotatable bonds is 5. The van der Waals surface area contributed by atoms with Gasteiger partial charge in [-0.25, -0.2) is 0 Å². The van der Waals surface area contributed by atoms with E-state index in [0.717, 1.165) is 37.3 Å². The first-order chi connectivity index (χ1) is 10.1. The molecule has 2 aliphatic heterocycles. The third-order valence-electron chi connectivity index (χ3n) is 5.33. The van der Waals surface area contributed by atoms with E-state index in [1.807, 2.05) is 26.0 Å². The molecule has 2 bridgehead atoms. The molecule has 21 heavy (non-hydrogen) atoms. The quantitative estimate of drug-likeness (QED) is 0.781. The standard InChI is InChI=1S/C17H25NO3/c1-4-17(16(19)20-5-2)10-13-7-9-15(17)18(13)11-14-8-6-12(3)21-14/h6,8,13,15H,4-5,7,9-11H2,1-3H3/t13-,15+,17+/m0/s1. The molecule has 4 nitrogen and oxygen atoms in total. The Morgan fingerprint density at radius 1 is 1.43 bits per heavy atom. The molecule has 0 spiro atoms. The zero-order valence-electron chi connectivity index (χ0n) is 13.2. The van der Waals surface area contributed by atoms with Crippen molar-refractivity contribution in [3.05, 3.63) is 23.7 Å². The van der Waals surface area contributed by atoms with E-state index < -0.39 is 0 Å². The van der Waals surface area contributed by atoms with Crippen molar-refractivity contribution in [2.45, 2.75) is 65.1 Å². The number of hydrogen-bond acceptors (Lipinski definition) is 4. The van der Waals surface area contributed by atoms with Crippen LogP contribution in [0.4, 0.5) is 0 Å². The van der Waals surface area contributed by atoms with Crippen LogP contribution in [0.3, 0.4) is 0 Å². The maximum atomic E-state index is 12.5. The van der Waals surface area contributed by atoms with Gasteiger partial charge in [-0.1, -0.05) is 6.92 Å².